The van der Waals surface area contributed by atoms with Crippen molar-refractivity contribution in [3.8, 4) is 5.75 Å². The summed E-state index contributed by atoms with van der Waals surface area (Å²) >= 11 is 0. The third-order valence-corrected chi connectivity index (χ3v) is 7.33. The summed E-state index contributed by atoms with van der Waals surface area (Å²) in [7, 11) is 0. The van der Waals surface area contributed by atoms with Crippen LogP contribution in [0, 0.1) is 37.5 Å². The summed E-state index contributed by atoms with van der Waals surface area (Å²) in [6.07, 6.45) is 4.57. The fraction of sp³-hybridized carbons (Fsp3) is 0.357. The number of anilines is 2. The van der Waals surface area contributed by atoms with Crippen LogP contribution in [-0.2, 0) is 19.2 Å². The van der Waals surface area contributed by atoms with Gasteiger partial charge in [0.25, 0.3) is 0 Å². The number of carbonyl (C=O) groups excluding carboxylic acids is 4. The number of para-hydroxylation sites is 1. The monoisotopic (exact) mass is 472 g/mol. The highest BCUT2D eigenvalue weighted by Crippen LogP contribution is 2.41. The predicted molar refractivity (Wildman–Crippen MR) is 131 cm³/mol. The van der Waals surface area contributed by atoms with Crippen molar-refractivity contribution in [1.82, 2.24) is 0 Å². The van der Waals surface area contributed by atoms with Crippen LogP contribution in [0.2, 0.25) is 0 Å². The maximum absolute atomic E-state index is 13.1. The molecule has 0 saturated carbocycles. The first-order valence-corrected chi connectivity index (χ1v) is 12.0. The molecule has 35 heavy (non-hydrogen) atoms. The Morgan fingerprint density at radius 1 is 1.00 bits per heavy atom. The number of amides is 3. The van der Waals surface area contributed by atoms with Gasteiger partial charge in [-0.3, -0.25) is 19.2 Å². The van der Waals surface area contributed by atoms with Crippen LogP contribution in [-0.4, -0.2) is 30.2 Å². The molecular formula is C28H28N2O5. The van der Waals surface area contributed by atoms with Crippen molar-refractivity contribution in [2.75, 3.05) is 16.3 Å². The average Bonchev–Trinajstić information content (AvgIpc) is 3.32. The first-order valence-electron chi connectivity index (χ1n) is 12.0. The number of nitrogens with zero attached hydrogens (tertiary/aromatic N) is 2. The van der Waals surface area contributed by atoms with E-state index in [1.54, 1.807) is 29.2 Å². The van der Waals surface area contributed by atoms with Gasteiger partial charge in [0.1, 0.15) is 5.75 Å². The first-order chi connectivity index (χ1) is 16.8. The second kappa shape index (κ2) is 8.80. The van der Waals surface area contributed by atoms with Gasteiger partial charge < -0.3 is 9.64 Å². The van der Waals surface area contributed by atoms with Gasteiger partial charge in [-0.15, -0.1) is 0 Å². The minimum atomic E-state index is -0.602. The normalized spacial score (nSPS) is 25.9. The van der Waals surface area contributed by atoms with E-state index in [1.165, 1.54) is 4.90 Å². The van der Waals surface area contributed by atoms with Crippen LogP contribution in [0.5, 0.6) is 5.75 Å². The summed E-state index contributed by atoms with van der Waals surface area (Å²) in [5, 5.41) is 0. The SMILES string of the molecule is Cc1cccc(C)c1N1C[C@H](C(=O)Oc2cccc(N3C(=O)[C@H]4[C@@H](C)C=CC[C@H]4C3=O)c2)CC1=O. The van der Waals surface area contributed by atoms with Gasteiger partial charge in [0.2, 0.25) is 17.7 Å². The largest absolute Gasteiger partial charge is 0.426 e. The summed E-state index contributed by atoms with van der Waals surface area (Å²) in [6, 6.07) is 12.3. The number of allylic oxidation sites excluding steroid dienone is 2. The topological polar surface area (TPSA) is 84.0 Å². The van der Waals surface area contributed by atoms with Gasteiger partial charge >= 0.3 is 5.97 Å². The number of fused-ring (bicyclic) bond motifs is 1. The second-order valence-corrected chi connectivity index (χ2v) is 9.73. The van der Waals surface area contributed by atoms with E-state index in [0.29, 0.717) is 12.1 Å². The zero-order valence-electron chi connectivity index (χ0n) is 20.1. The van der Waals surface area contributed by atoms with Crippen molar-refractivity contribution in [2.45, 2.75) is 33.6 Å². The van der Waals surface area contributed by atoms with E-state index in [4.69, 9.17) is 4.74 Å². The number of hydrogen-bond acceptors (Lipinski definition) is 5. The highest BCUT2D eigenvalue weighted by Gasteiger charge is 2.50. The predicted octanol–water partition coefficient (Wildman–Crippen LogP) is 3.96. The molecule has 1 aliphatic carbocycles. The number of esters is 1. The van der Waals surface area contributed by atoms with E-state index < -0.39 is 11.9 Å². The van der Waals surface area contributed by atoms with E-state index in [9.17, 15) is 19.2 Å². The Balaban J connectivity index is 1.32. The van der Waals surface area contributed by atoms with Crippen molar-refractivity contribution in [3.63, 3.8) is 0 Å². The molecule has 3 aliphatic rings. The van der Waals surface area contributed by atoms with Crippen LogP contribution >= 0.6 is 0 Å². The van der Waals surface area contributed by atoms with Gasteiger partial charge in [-0.05, 0) is 49.4 Å². The lowest BCUT2D eigenvalue weighted by Gasteiger charge is -2.22. The number of carbonyl (C=O) groups is 4. The molecule has 0 bridgehead atoms. The molecule has 7 heteroatoms. The Labute approximate surface area is 204 Å². The lowest BCUT2D eigenvalue weighted by Crippen LogP contribution is -2.31. The summed E-state index contributed by atoms with van der Waals surface area (Å²) < 4.78 is 5.62. The molecule has 2 aromatic rings. The number of hydrogen-bond donors (Lipinski definition) is 0. The quantitative estimate of drug-likeness (QED) is 0.291. The molecule has 3 amide bonds. The van der Waals surface area contributed by atoms with Crippen LogP contribution < -0.4 is 14.5 Å². The molecule has 2 aliphatic heterocycles. The Bertz CT molecular complexity index is 1250. The van der Waals surface area contributed by atoms with Gasteiger partial charge in [0.15, 0.2) is 0 Å². The number of aryl methyl sites for hydroxylation is 2. The molecule has 180 valence electrons. The first kappa shape index (κ1) is 23.0. The standard InChI is InChI=1S/C28H28N2O5/c1-16-7-5-12-22-24(16)27(33)30(26(22)32)20-10-6-11-21(14-20)35-28(34)19-13-23(31)29(15-19)25-17(2)8-4-9-18(25)3/h4-11,14,16,19,22,24H,12-13,15H2,1-3H3/t16-,19+,22+,24-/m0/s1. The lowest BCUT2D eigenvalue weighted by molar-refractivity contribution is -0.139. The second-order valence-electron chi connectivity index (χ2n) is 9.73. The van der Waals surface area contributed by atoms with Crippen molar-refractivity contribution in [3.05, 3.63) is 65.7 Å². The zero-order chi connectivity index (χ0) is 24.9. The summed E-state index contributed by atoms with van der Waals surface area (Å²) in [6.45, 7) is 6.09. The van der Waals surface area contributed by atoms with Gasteiger partial charge in [0, 0.05) is 24.7 Å². The molecule has 4 atom stereocenters. The molecule has 2 aromatic carbocycles. The summed E-state index contributed by atoms with van der Waals surface area (Å²) in [4.78, 5) is 54.7. The Hall–Kier alpha value is -3.74. The van der Waals surface area contributed by atoms with Crippen LogP contribution in [0.1, 0.15) is 30.9 Å². The van der Waals surface area contributed by atoms with Crippen molar-refractivity contribution in [1.29, 1.82) is 0 Å². The van der Waals surface area contributed by atoms with Gasteiger partial charge in [0.05, 0.1) is 23.4 Å². The van der Waals surface area contributed by atoms with Crippen molar-refractivity contribution in [2.24, 2.45) is 23.7 Å². The number of benzene rings is 2. The Kier molecular flexibility index (Phi) is 5.79. The lowest BCUT2D eigenvalue weighted by atomic mass is 9.78. The van der Waals surface area contributed by atoms with Gasteiger partial charge in [-0.1, -0.05) is 43.3 Å². The smallest absolute Gasteiger partial charge is 0.316 e. The maximum atomic E-state index is 13.1. The minimum Gasteiger partial charge on any atom is -0.426 e. The van der Waals surface area contributed by atoms with Crippen molar-refractivity contribution < 1.29 is 23.9 Å². The van der Waals surface area contributed by atoms with Gasteiger partial charge in [-0.25, -0.2) is 4.90 Å². The third kappa shape index (κ3) is 3.95. The van der Waals surface area contributed by atoms with Crippen LogP contribution in [0.25, 0.3) is 0 Å². The average molecular weight is 473 g/mol. The number of rotatable bonds is 4. The highest BCUT2D eigenvalue weighted by atomic mass is 16.5. The van der Waals surface area contributed by atoms with E-state index in [2.05, 4.69) is 0 Å². The van der Waals surface area contributed by atoms with Crippen LogP contribution in [0.15, 0.2) is 54.6 Å². The molecule has 0 unspecified atom stereocenters. The third-order valence-electron chi connectivity index (χ3n) is 7.33. The summed E-state index contributed by atoms with van der Waals surface area (Å²) in [5.41, 5.74) is 3.19. The molecule has 0 spiro atoms. The molecule has 7 nitrogen and oxygen atoms in total. The highest BCUT2D eigenvalue weighted by molar-refractivity contribution is 6.22. The molecule has 5 rings (SSSR count). The van der Waals surface area contributed by atoms with Crippen molar-refractivity contribution >= 4 is 35.1 Å². The molecule has 0 N–H and O–H groups in total. The van der Waals surface area contributed by atoms with Crippen LogP contribution in [0.4, 0.5) is 11.4 Å². The Morgan fingerprint density at radius 3 is 2.43 bits per heavy atom. The molecule has 2 heterocycles. The molecule has 0 aromatic heterocycles. The number of imide groups is 1. The maximum Gasteiger partial charge on any atom is 0.316 e. The number of ether oxygens (including phenoxy) is 1. The van der Waals surface area contributed by atoms with E-state index in [-0.39, 0.29) is 54.2 Å². The van der Waals surface area contributed by atoms with Crippen LogP contribution in [0.3, 0.4) is 0 Å². The van der Waals surface area contributed by atoms with E-state index in [1.807, 2.05) is 51.1 Å². The summed E-state index contributed by atoms with van der Waals surface area (Å²) in [5.74, 6) is -2.13. The van der Waals surface area contributed by atoms with E-state index in [0.717, 1.165) is 16.8 Å². The fourth-order valence-electron chi connectivity index (χ4n) is 5.60. The minimum absolute atomic E-state index is 0.00375. The molecule has 2 fully saturated rings. The Morgan fingerprint density at radius 2 is 1.71 bits per heavy atom. The molecule has 2 saturated heterocycles. The molecular weight excluding hydrogens is 444 g/mol. The zero-order valence-corrected chi connectivity index (χ0v) is 20.1. The van der Waals surface area contributed by atoms with E-state index >= 15 is 0 Å². The molecule has 0 radical (unpaired) electrons. The van der Waals surface area contributed by atoms with Gasteiger partial charge in [-0.2, -0.15) is 0 Å². The fourth-order valence-corrected chi connectivity index (χ4v) is 5.60.